The molecule has 0 heterocycles. The van der Waals surface area contributed by atoms with E-state index in [9.17, 15) is 0 Å². The van der Waals surface area contributed by atoms with E-state index >= 15 is 0 Å². The Balaban J connectivity index is 1.37. The monoisotopic (exact) mass is 530 g/mol. The Labute approximate surface area is 244 Å². The van der Waals surface area contributed by atoms with Gasteiger partial charge in [0.1, 0.15) is 0 Å². The molecule has 0 saturated heterocycles. The Morgan fingerprint density at radius 1 is 0.238 bits per heavy atom. The van der Waals surface area contributed by atoms with Gasteiger partial charge >= 0.3 is 0 Å². The predicted octanol–water partition coefficient (Wildman–Crippen LogP) is 11.9. The van der Waals surface area contributed by atoms with Crippen molar-refractivity contribution in [2.75, 3.05) is 0 Å². The highest BCUT2D eigenvalue weighted by molar-refractivity contribution is 6.33. The Morgan fingerprint density at radius 3 is 1.29 bits per heavy atom. The first-order valence-electron chi connectivity index (χ1n) is 14.6. The van der Waals surface area contributed by atoms with Gasteiger partial charge in [0.15, 0.2) is 0 Å². The van der Waals surface area contributed by atoms with Crippen LogP contribution in [0.2, 0.25) is 0 Å². The Hall–Kier alpha value is -5.46. The third-order valence-electron chi connectivity index (χ3n) is 9.00. The highest BCUT2D eigenvalue weighted by Gasteiger charge is 2.16. The molecule has 194 valence electrons. The van der Waals surface area contributed by atoms with Gasteiger partial charge in [0, 0.05) is 0 Å². The molecule has 0 N–H and O–H groups in total. The Kier molecular flexibility index (Phi) is 5.00. The average Bonchev–Trinajstić information content (AvgIpc) is 3.07. The second kappa shape index (κ2) is 9.03. The molecule has 0 unspecified atom stereocenters. The van der Waals surface area contributed by atoms with Crippen LogP contribution in [0.3, 0.4) is 0 Å². The Bertz CT molecular complexity index is 2510. The van der Waals surface area contributed by atoms with Crippen molar-refractivity contribution in [2.45, 2.75) is 0 Å². The number of fused-ring (bicyclic) bond motifs is 11. The van der Waals surface area contributed by atoms with Crippen molar-refractivity contribution < 1.29 is 0 Å². The molecule has 0 saturated carbocycles. The molecule has 0 spiro atoms. The van der Waals surface area contributed by atoms with Crippen molar-refractivity contribution >= 4 is 64.6 Å². The fraction of sp³-hybridized carbons (Fsp3) is 0. The summed E-state index contributed by atoms with van der Waals surface area (Å²) in [5.74, 6) is 0. The van der Waals surface area contributed by atoms with Crippen LogP contribution in [-0.2, 0) is 0 Å². The second-order valence-electron chi connectivity index (χ2n) is 11.3. The van der Waals surface area contributed by atoms with Gasteiger partial charge in [-0.1, -0.05) is 140 Å². The SMILES string of the molecule is c1cc(-c2cc3ccccc3c3ccccc23)cc(-c2cc3c4ccccc4c4ccccc4c3c3ccccc23)c1. The van der Waals surface area contributed by atoms with Crippen LogP contribution in [0, 0.1) is 0 Å². The van der Waals surface area contributed by atoms with E-state index in [-0.39, 0.29) is 0 Å². The summed E-state index contributed by atoms with van der Waals surface area (Å²) in [7, 11) is 0. The van der Waals surface area contributed by atoms with E-state index < -0.39 is 0 Å². The van der Waals surface area contributed by atoms with Gasteiger partial charge in [-0.15, -0.1) is 0 Å². The fourth-order valence-electron chi connectivity index (χ4n) is 7.15. The number of hydrogen-bond donors (Lipinski definition) is 0. The largest absolute Gasteiger partial charge is 0.0616 e. The molecule has 0 radical (unpaired) electrons. The minimum absolute atomic E-state index is 1.24. The lowest BCUT2D eigenvalue weighted by Crippen LogP contribution is -1.89. The van der Waals surface area contributed by atoms with Gasteiger partial charge in [-0.3, -0.25) is 0 Å². The summed E-state index contributed by atoms with van der Waals surface area (Å²) in [6.07, 6.45) is 0. The van der Waals surface area contributed by atoms with Crippen LogP contribution in [-0.4, -0.2) is 0 Å². The first-order valence-corrected chi connectivity index (χ1v) is 14.6. The number of hydrogen-bond acceptors (Lipinski definition) is 0. The van der Waals surface area contributed by atoms with Gasteiger partial charge in [-0.25, -0.2) is 0 Å². The van der Waals surface area contributed by atoms with Gasteiger partial charge in [0.05, 0.1) is 0 Å². The van der Waals surface area contributed by atoms with E-state index in [1.807, 2.05) is 0 Å². The van der Waals surface area contributed by atoms with Gasteiger partial charge in [-0.2, -0.15) is 0 Å². The zero-order chi connectivity index (χ0) is 27.6. The maximum absolute atomic E-state index is 2.43. The van der Waals surface area contributed by atoms with Gasteiger partial charge in [-0.05, 0) is 105 Å². The lowest BCUT2D eigenvalue weighted by atomic mass is 9.86. The quantitative estimate of drug-likeness (QED) is 0.195. The third-order valence-corrected chi connectivity index (χ3v) is 9.00. The third kappa shape index (κ3) is 3.36. The van der Waals surface area contributed by atoms with Crippen LogP contribution in [0.15, 0.2) is 158 Å². The summed E-state index contributed by atoms with van der Waals surface area (Å²) in [5, 5.41) is 15.6. The Morgan fingerprint density at radius 2 is 0.643 bits per heavy atom. The van der Waals surface area contributed by atoms with Crippen molar-refractivity contribution in [3.8, 4) is 22.3 Å². The van der Waals surface area contributed by atoms with E-state index in [4.69, 9.17) is 0 Å². The lowest BCUT2D eigenvalue weighted by Gasteiger charge is -2.17. The molecular formula is C42H26. The van der Waals surface area contributed by atoms with Crippen LogP contribution in [0.1, 0.15) is 0 Å². The summed E-state index contributed by atoms with van der Waals surface area (Å²) in [5.41, 5.74) is 5.01. The number of benzene rings is 9. The van der Waals surface area contributed by atoms with Crippen molar-refractivity contribution in [1.82, 2.24) is 0 Å². The molecule has 9 rings (SSSR count). The lowest BCUT2D eigenvalue weighted by molar-refractivity contribution is 1.64. The molecule has 0 bridgehead atoms. The first kappa shape index (κ1) is 23.3. The van der Waals surface area contributed by atoms with E-state index in [1.54, 1.807) is 0 Å². The summed E-state index contributed by atoms with van der Waals surface area (Å²) in [4.78, 5) is 0. The summed E-state index contributed by atoms with van der Waals surface area (Å²) in [6.45, 7) is 0. The molecule has 0 heteroatoms. The molecule has 0 aliphatic carbocycles. The van der Waals surface area contributed by atoms with Crippen molar-refractivity contribution in [2.24, 2.45) is 0 Å². The normalized spacial score (nSPS) is 11.8. The standard InChI is InChI=1S/C42H26/c1-2-15-30-29(12-1)25-39(34-19-5-3-16-31(30)34)27-13-11-14-28(24-27)40-26-41-35-20-6-4-17-32(35)33-18-7-9-22-37(33)42(41)38-23-10-8-21-36(38)40/h1-26H. The predicted molar refractivity (Wildman–Crippen MR) is 182 cm³/mol. The molecule has 42 heavy (non-hydrogen) atoms. The second-order valence-corrected chi connectivity index (χ2v) is 11.3. The molecule has 0 aliphatic heterocycles. The van der Waals surface area contributed by atoms with Gasteiger partial charge in [0.2, 0.25) is 0 Å². The van der Waals surface area contributed by atoms with Crippen LogP contribution in [0.5, 0.6) is 0 Å². The van der Waals surface area contributed by atoms with Crippen molar-refractivity contribution in [1.29, 1.82) is 0 Å². The molecule has 0 nitrogen and oxygen atoms in total. The topological polar surface area (TPSA) is 0 Å². The van der Waals surface area contributed by atoms with Gasteiger partial charge < -0.3 is 0 Å². The number of rotatable bonds is 2. The minimum atomic E-state index is 1.24. The molecule has 9 aromatic carbocycles. The average molecular weight is 531 g/mol. The maximum atomic E-state index is 2.43. The first-order chi connectivity index (χ1) is 20.8. The van der Waals surface area contributed by atoms with E-state index in [0.717, 1.165) is 0 Å². The molecular weight excluding hydrogens is 504 g/mol. The van der Waals surface area contributed by atoms with E-state index in [0.29, 0.717) is 0 Å². The zero-order valence-electron chi connectivity index (χ0n) is 23.0. The molecule has 9 aromatic rings. The maximum Gasteiger partial charge on any atom is -0.00199 e. The molecule has 0 aliphatic rings. The van der Waals surface area contributed by atoms with Crippen LogP contribution < -0.4 is 0 Å². The van der Waals surface area contributed by atoms with E-state index in [2.05, 4.69) is 158 Å². The summed E-state index contributed by atoms with van der Waals surface area (Å²) >= 11 is 0. The van der Waals surface area contributed by atoms with Gasteiger partial charge in [0.25, 0.3) is 0 Å². The highest BCUT2D eigenvalue weighted by Crippen LogP contribution is 2.43. The van der Waals surface area contributed by atoms with Crippen molar-refractivity contribution in [3.05, 3.63) is 158 Å². The van der Waals surface area contributed by atoms with Crippen LogP contribution in [0.4, 0.5) is 0 Å². The highest BCUT2D eigenvalue weighted by atomic mass is 14.2. The van der Waals surface area contributed by atoms with Crippen LogP contribution >= 0.6 is 0 Å². The molecule has 0 amide bonds. The summed E-state index contributed by atoms with van der Waals surface area (Å²) in [6, 6.07) is 58.1. The zero-order valence-corrected chi connectivity index (χ0v) is 23.0. The van der Waals surface area contributed by atoms with Crippen molar-refractivity contribution in [3.63, 3.8) is 0 Å². The van der Waals surface area contributed by atoms with E-state index in [1.165, 1.54) is 86.9 Å². The summed E-state index contributed by atoms with van der Waals surface area (Å²) < 4.78 is 0. The smallest absolute Gasteiger partial charge is 0.00199 e. The fourth-order valence-corrected chi connectivity index (χ4v) is 7.15. The molecule has 0 fully saturated rings. The minimum Gasteiger partial charge on any atom is -0.0616 e. The molecule has 0 aromatic heterocycles. The van der Waals surface area contributed by atoms with Crippen LogP contribution in [0.25, 0.3) is 86.9 Å². The molecule has 0 atom stereocenters.